The molecule has 96 valence electrons. The van der Waals surface area contributed by atoms with Gasteiger partial charge in [-0.05, 0) is 42.9 Å². The van der Waals surface area contributed by atoms with Gasteiger partial charge in [-0.25, -0.2) is 0 Å². The van der Waals surface area contributed by atoms with Gasteiger partial charge in [0.2, 0.25) is 0 Å². The number of hydrogen-bond donors (Lipinski definition) is 1. The minimum Gasteiger partial charge on any atom is -0.329 e. The Bertz CT molecular complexity index is 836. The van der Waals surface area contributed by atoms with Gasteiger partial charge in [-0.15, -0.1) is 0 Å². The van der Waals surface area contributed by atoms with Gasteiger partial charge in [-0.1, -0.05) is 23.2 Å². The first kappa shape index (κ1) is 12.7. The Kier molecular flexibility index (Phi) is 3.09. The molecule has 0 aliphatic carbocycles. The van der Waals surface area contributed by atoms with Gasteiger partial charge in [0.05, 0.1) is 27.9 Å². The lowest BCUT2D eigenvalue weighted by atomic mass is 10.2. The van der Waals surface area contributed by atoms with Crippen LogP contribution in [0.4, 0.5) is 0 Å². The number of aromatic amines is 1. The molecule has 1 N–H and O–H groups in total. The molecule has 0 bridgehead atoms. The highest BCUT2D eigenvalue weighted by Gasteiger charge is 2.11. The van der Waals surface area contributed by atoms with Gasteiger partial charge in [-0.2, -0.15) is 0 Å². The Morgan fingerprint density at radius 1 is 1.26 bits per heavy atom. The van der Waals surface area contributed by atoms with E-state index in [1.165, 1.54) is 0 Å². The molecule has 19 heavy (non-hydrogen) atoms. The summed E-state index contributed by atoms with van der Waals surface area (Å²) in [6.07, 6.45) is 3.44. The Balaban J connectivity index is 2.40. The van der Waals surface area contributed by atoms with Crippen molar-refractivity contribution in [3.8, 4) is 5.69 Å². The fourth-order valence-corrected chi connectivity index (χ4v) is 2.77. The van der Waals surface area contributed by atoms with Crippen molar-refractivity contribution >= 4 is 46.5 Å². The molecule has 3 rings (SSSR count). The van der Waals surface area contributed by atoms with Crippen LogP contribution in [0.1, 0.15) is 5.56 Å². The monoisotopic (exact) mass is 309 g/mol. The van der Waals surface area contributed by atoms with Gasteiger partial charge >= 0.3 is 0 Å². The van der Waals surface area contributed by atoms with E-state index in [1.807, 2.05) is 29.7 Å². The van der Waals surface area contributed by atoms with Crippen LogP contribution in [0.25, 0.3) is 16.7 Å². The third-order valence-electron chi connectivity index (χ3n) is 2.95. The molecule has 0 radical (unpaired) electrons. The first-order chi connectivity index (χ1) is 9.08. The quantitative estimate of drug-likeness (QED) is 0.661. The van der Waals surface area contributed by atoms with Gasteiger partial charge < -0.3 is 4.98 Å². The summed E-state index contributed by atoms with van der Waals surface area (Å²) in [5.41, 5.74) is 3.48. The molecule has 0 fully saturated rings. The average Bonchev–Trinajstić information content (AvgIpc) is 2.70. The third-order valence-corrected chi connectivity index (χ3v) is 3.95. The number of imidazole rings is 1. The number of halogens is 2. The number of nitrogens with zero attached hydrogens (tertiary/aromatic N) is 2. The van der Waals surface area contributed by atoms with E-state index < -0.39 is 0 Å². The molecule has 0 aliphatic heterocycles. The van der Waals surface area contributed by atoms with Crippen molar-refractivity contribution in [2.24, 2.45) is 0 Å². The number of rotatable bonds is 1. The van der Waals surface area contributed by atoms with Crippen molar-refractivity contribution in [1.82, 2.24) is 14.5 Å². The van der Waals surface area contributed by atoms with Crippen LogP contribution < -0.4 is 0 Å². The highest BCUT2D eigenvalue weighted by Crippen LogP contribution is 2.30. The zero-order valence-electron chi connectivity index (χ0n) is 9.95. The zero-order chi connectivity index (χ0) is 13.6. The zero-order valence-corrected chi connectivity index (χ0v) is 12.3. The summed E-state index contributed by atoms with van der Waals surface area (Å²) in [5.74, 6) is 0. The minimum absolute atomic E-state index is 0.560. The highest BCUT2D eigenvalue weighted by atomic mass is 35.5. The predicted octanol–water partition coefficient (Wildman–Crippen LogP) is 4.70. The molecule has 3 aromatic rings. The summed E-state index contributed by atoms with van der Waals surface area (Å²) in [4.78, 5) is 7.17. The second-order valence-corrected chi connectivity index (χ2v) is 5.41. The molecule has 0 atom stereocenters. The van der Waals surface area contributed by atoms with E-state index in [0.29, 0.717) is 14.8 Å². The van der Waals surface area contributed by atoms with E-state index in [0.717, 1.165) is 22.3 Å². The fourth-order valence-electron chi connectivity index (χ4n) is 2.01. The number of benzene rings is 1. The Morgan fingerprint density at radius 3 is 2.84 bits per heavy atom. The van der Waals surface area contributed by atoms with Crippen LogP contribution in [0.15, 0.2) is 30.6 Å². The van der Waals surface area contributed by atoms with E-state index in [4.69, 9.17) is 35.4 Å². The number of aromatic nitrogens is 3. The van der Waals surface area contributed by atoms with Crippen molar-refractivity contribution in [3.05, 3.63) is 51.0 Å². The van der Waals surface area contributed by atoms with E-state index in [1.54, 1.807) is 12.4 Å². The molecule has 0 spiro atoms. The molecule has 2 aromatic heterocycles. The molecule has 0 aliphatic rings. The van der Waals surface area contributed by atoms with E-state index >= 15 is 0 Å². The second kappa shape index (κ2) is 4.63. The van der Waals surface area contributed by atoms with Crippen LogP contribution in [0, 0.1) is 11.7 Å². The number of aryl methyl sites for hydroxylation is 1. The largest absolute Gasteiger partial charge is 0.329 e. The summed E-state index contributed by atoms with van der Waals surface area (Å²) in [7, 11) is 0. The van der Waals surface area contributed by atoms with Gasteiger partial charge in [-0.3, -0.25) is 9.55 Å². The van der Waals surface area contributed by atoms with Crippen molar-refractivity contribution in [2.45, 2.75) is 6.92 Å². The number of hydrogen-bond acceptors (Lipinski definition) is 2. The number of pyridine rings is 1. The predicted molar refractivity (Wildman–Crippen MR) is 81.0 cm³/mol. The van der Waals surface area contributed by atoms with Crippen LogP contribution in [-0.2, 0) is 0 Å². The number of H-pyrrole nitrogens is 1. The van der Waals surface area contributed by atoms with Crippen LogP contribution in [0.5, 0.6) is 0 Å². The van der Waals surface area contributed by atoms with Crippen molar-refractivity contribution < 1.29 is 0 Å². The third kappa shape index (κ3) is 2.06. The molecule has 2 heterocycles. The summed E-state index contributed by atoms with van der Waals surface area (Å²) in [6, 6.07) is 5.54. The Morgan fingerprint density at radius 2 is 2.05 bits per heavy atom. The summed E-state index contributed by atoms with van der Waals surface area (Å²) >= 11 is 17.8. The number of nitrogens with one attached hydrogen (secondary N) is 1. The second-order valence-electron chi connectivity index (χ2n) is 4.21. The molecule has 0 unspecified atom stereocenters. The van der Waals surface area contributed by atoms with E-state index in [9.17, 15) is 0 Å². The maximum atomic E-state index is 6.31. The maximum absolute atomic E-state index is 6.31. The van der Waals surface area contributed by atoms with Crippen LogP contribution in [-0.4, -0.2) is 14.5 Å². The van der Waals surface area contributed by atoms with E-state index in [-0.39, 0.29) is 0 Å². The van der Waals surface area contributed by atoms with E-state index in [2.05, 4.69) is 9.97 Å². The van der Waals surface area contributed by atoms with Gasteiger partial charge in [0.25, 0.3) is 0 Å². The lowest BCUT2D eigenvalue weighted by Crippen LogP contribution is -1.96. The van der Waals surface area contributed by atoms with Gasteiger partial charge in [0.15, 0.2) is 4.77 Å². The molecule has 6 heteroatoms. The smallest absolute Gasteiger partial charge is 0.182 e. The SMILES string of the molecule is Cc1cc(Cl)c(-n2c(=S)[nH]c3cnccc32)cc1Cl. The van der Waals surface area contributed by atoms with Crippen molar-refractivity contribution in [2.75, 3.05) is 0 Å². The average molecular weight is 310 g/mol. The Hall–Kier alpha value is -1.36. The first-order valence-corrected chi connectivity index (χ1v) is 6.75. The van der Waals surface area contributed by atoms with Crippen molar-refractivity contribution in [1.29, 1.82) is 0 Å². The molecule has 0 saturated heterocycles. The standard InChI is InChI=1S/C13H9Cl2N3S/c1-7-4-9(15)12(5-8(7)14)18-11-2-3-16-6-10(11)17-13(18)19/h2-6H,1H3,(H,17,19). The van der Waals surface area contributed by atoms with Gasteiger partial charge in [0.1, 0.15) is 0 Å². The molecular formula is C13H9Cl2N3S. The topological polar surface area (TPSA) is 33.6 Å². The van der Waals surface area contributed by atoms with Crippen LogP contribution in [0.2, 0.25) is 10.0 Å². The summed E-state index contributed by atoms with van der Waals surface area (Å²) in [5, 5.41) is 1.26. The van der Waals surface area contributed by atoms with Crippen molar-refractivity contribution in [3.63, 3.8) is 0 Å². The summed E-state index contributed by atoms with van der Waals surface area (Å²) < 4.78 is 2.42. The first-order valence-electron chi connectivity index (χ1n) is 5.58. The lowest BCUT2D eigenvalue weighted by Gasteiger charge is -2.09. The molecule has 0 saturated carbocycles. The minimum atomic E-state index is 0.560. The highest BCUT2D eigenvalue weighted by molar-refractivity contribution is 7.71. The molecule has 1 aromatic carbocycles. The van der Waals surface area contributed by atoms with Crippen LogP contribution >= 0.6 is 35.4 Å². The normalized spacial score (nSPS) is 11.1. The Labute approximate surface area is 124 Å². The van der Waals surface area contributed by atoms with Crippen LogP contribution in [0.3, 0.4) is 0 Å². The molecule has 3 nitrogen and oxygen atoms in total. The number of fused-ring (bicyclic) bond motifs is 1. The molecular weight excluding hydrogens is 301 g/mol. The van der Waals surface area contributed by atoms with Gasteiger partial charge in [0, 0.05) is 11.2 Å². The fraction of sp³-hybridized carbons (Fsp3) is 0.0769. The lowest BCUT2D eigenvalue weighted by molar-refractivity contribution is 1.06. The maximum Gasteiger partial charge on any atom is 0.182 e. The molecule has 0 amide bonds. The summed E-state index contributed by atoms with van der Waals surface area (Å²) in [6.45, 7) is 1.91.